The monoisotopic (exact) mass is 411 g/mol. The summed E-state index contributed by atoms with van der Waals surface area (Å²) < 4.78 is 0. The number of rotatable bonds is 7. The van der Waals surface area contributed by atoms with Crippen molar-refractivity contribution in [3.05, 3.63) is 90.3 Å². The normalized spacial score (nSPS) is 11.8. The number of aliphatic hydroxyl groups excluding tert-OH is 1. The average molecular weight is 412 g/mol. The fraction of sp³-hybridized carbons (Fsp3) is 0.120. The molecule has 2 aromatic carbocycles. The molecule has 6 heteroatoms. The van der Waals surface area contributed by atoms with E-state index in [1.807, 2.05) is 72.9 Å². The first kappa shape index (κ1) is 20.4. The predicted octanol–water partition coefficient (Wildman–Crippen LogP) is 4.86. The SMILES string of the molecule is CC(=N)c1cc(-c2cc(NC(CO)c3ccccc3)cnc2-c2ccc[nH]2)ccc1N. The van der Waals surface area contributed by atoms with E-state index >= 15 is 0 Å². The minimum absolute atomic E-state index is 0.0449. The van der Waals surface area contributed by atoms with Crippen LogP contribution in [-0.4, -0.2) is 27.4 Å². The molecular weight excluding hydrogens is 386 g/mol. The molecule has 0 amide bonds. The van der Waals surface area contributed by atoms with Gasteiger partial charge in [0.25, 0.3) is 0 Å². The van der Waals surface area contributed by atoms with Crippen LogP contribution in [0.2, 0.25) is 0 Å². The van der Waals surface area contributed by atoms with Crippen LogP contribution in [0.3, 0.4) is 0 Å². The molecule has 0 fully saturated rings. The summed E-state index contributed by atoms with van der Waals surface area (Å²) in [6, 6.07) is 21.2. The van der Waals surface area contributed by atoms with E-state index in [1.54, 1.807) is 13.1 Å². The summed E-state index contributed by atoms with van der Waals surface area (Å²) in [5.74, 6) is 0. The average Bonchev–Trinajstić information content (AvgIpc) is 3.33. The van der Waals surface area contributed by atoms with E-state index in [0.29, 0.717) is 17.0 Å². The Bertz CT molecular complexity index is 1190. The molecule has 1 atom stereocenters. The standard InChI is InChI=1S/C25H25N5O/c1-16(26)20-12-18(9-10-22(20)27)21-13-19(14-29-25(21)23-8-5-11-28-23)30-24(15-31)17-6-3-2-4-7-17/h2-14,24,26,28,30-31H,15,27H2,1H3. The van der Waals surface area contributed by atoms with Crippen molar-refractivity contribution < 1.29 is 5.11 Å². The third-order valence-corrected chi connectivity index (χ3v) is 5.23. The molecule has 0 saturated carbocycles. The molecule has 1 unspecified atom stereocenters. The van der Waals surface area contributed by atoms with Crippen molar-refractivity contribution in [2.75, 3.05) is 17.7 Å². The van der Waals surface area contributed by atoms with Gasteiger partial charge in [0.05, 0.1) is 35.9 Å². The van der Waals surface area contributed by atoms with Gasteiger partial charge in [-0.25, -0.2) is 0 Å². The van der Waals surface area contributed by atoms with Crippen LogP contribution in [0.1, 0.15) is 24.1 Å². The topological polar surface area (TPSA) is 111 Å². The first-order valence-electron chi connectivity index (χ1n) is 10.1. The molecule has 156 valence electrons. The second-order valence-electron chi connectivity index (χ2n) is 7.42. The smallest absolute Gasteiger partial charge is 0.0944 e. The number of hydrogen-bond acceptors (Lipinski definition) is 5. The lowest BCUT2D eigenvalue weighted by atomic mass is 9.97. The summed E-state index contributed by atoms with van der Waals surface area (Å²) in [5.41, 5.74) is 13.1. The number of benzene rings is 2. The molecule has 4 aromatic rings. The highest BCUT2D eigenvalue weighted by molar-refractivity contribution is 6.02. The first-order valence-corrected chi connectivity index (χ1v) is 10.1. The van der Waals surface area contributed by atoms with E-state index in [9.17, 15) is 5.11 Å². The summed E-state index contributed by atoms with van der Waals surface area (Å²) in [5, 5.41) is 21.4. The van der Waals surface area contributed by atoms with Crippen molar-refractivity contribution >= 4 is 17.1 Å². The molecule has 6 nitrogen and oxygen atoms in total. The Morgan fingerprint density at radius 2 is 1.94 bits per heavy atom. The van der Waals surface area contributed by atoms with Gasteiger partial charge in [0.1, 0.15) is 0 Å². The molecule has 0 saturated heterocycles. The number of nitrogens with two attached hydrogens (primary N) is 1. The largest absolute Gasteiger partial charge is 0.398 e. The van der Waals surface area contributed by atoms with Crippen LogP contribution < -0.4 is 11.1 Å². The summed E-state index contributed by atoms with van der Waals surface area (Å²) in [6.45, 7) is 1.68. The Balaban J connectivity index is 1.79. The van der Waals surface area contributed by atoms with Crippen LogP contribution in [-0.2, 0) is 0 Å². The molecule has 0 radical (unpaired) electrons. The maximum Gasteiger partial charge on any atom is 0.0944 e. The van der Waals surface area contributed by atoms with Gasteiger partial charge in [0.15, 0.2) is 0 Å². The van der Waals surface area contributed by atoms with E-state index in [4.69, 9.17) is 16.1 Å². The molecule has 0 spiro atoms. The van der Waals surface area contributed by atoms with Gasteiger partial charge in [0, 0.05) is 28.7 Å². The van der Waals surface area contributed by atoms with Crippen LogP contribution in [0, 0.1) is 5.41 Å². The number of aromatic amines is 1. The second kappa shape index (κ2) is 8.85. The van der Waals surface area contributed by atoms with Crippen molar-refractivity contribution in [3.8, 4) is 22.5 Å². The van der Waals surface area contributed by atoms with Crippen LogP contribution in [0.5, 0.6) is 0 Å². The molecule has 0 aliphatic heterocycles. The van der Waals surface area contributed by atoms with Crippen LogP contribution >= 0.6 is 0 Å². The van der Waals surface area contributed by atoms with E-state index in [0.717, 1.165) is 33.8 Å². The number of nitrogens with zero attached hydrogens (tertiary/aromatic N) is 1. The van der Waals surface area contributed by atoms with Gasteiger partial charge in [-0.1, -0.05) is 36.4 Å². The zero-order valence-corrected chi connectivity index (χ0v) is 17.3. The fourth-order valence-electron chi connectivity index (χ4n) is 3.63. The van der Waals surface area contributed by atoms with Gasteiger partial charge >= 0.3 is 0 Å². The quantitative estimate of drug-likeness (QED) is 0.221. The lowest BCUT2D eigenvalue weighted by Gasteiger charge is -2.19. The van der Waals surface area contributed by atoms with E-state index in [-0.39, 0.29) is 12.6 Å². The molecule has 4 rings (SSSR count). The summed E-state index contributed by atoms with van der Waals surface area (Å²) in [4.78, 5) is 7.93. The van der Waals surface area contributed by atoms with Crippen LogP contribution in [0.4, 0.5) is 11.4 Å². The first-order chi connectivity index (χ1) is 15.1. The Morgan fingerprint density at radius 1 is 1.13 bits per heavy atom. The Labute approximate surface area is 181 Å². The number of anilines is 2. The van der Waals surface area contributed by atoms with Gasteiger partial charge in [-0.05, 0) is 48.4 Å². The number of nitrogens with one attached hydrogen (secondary N) is 3. The van der Waals surface area contributed by atoms with Gasteiger partial charge in [0.2, 0.25) is 0 Å². The third-order valence-electron chi connectivity index (χ3n) is 5.23. The molecule has 2 aromatic heterocycles. The highest BCUT2D eigenvalue weighted by Gasteiger charge is 2.16. The zero-order valence-electron chi connectivity index (χ0n) is 17.3. The molecule has 2 heterocycles. The maximum atomic E-state index is 9.93. The number of nitrogen functional groups attached to an aromatic ring is 1. The van der Waals surface area contributed by atoms with Crippen molar-refractivity contribution in [1.29, 1.82) is 5.41 Å². The van der Waals surface area contributed by atoms with Crippen molar-refractivity contribution in [3.63, 3.8) is 0 Å². The third kappa shape index (κ3) is 4.34. The summed E-state index contributed by atoms with van der Waals surface area (Å²) in [6.07, 6.45) is 3.63. The molecular formula is C25H25N5O. The van der Waals surface area contributed by atoms with E-state index in [2.05, 4.69) is 10.3 Å². The minimum Gasteiger partial charge on any atom is -0.398 e. The van der Waals surface area contributed by atoms with Crippen molar-refractivity contribution in [2.45, 2.75) is 13.0 Å². The summed E-state index contributed by atoms with van der Waals surface area (Å²) >= 11 is 0. The lowest BCUT2D eigenvalue weighted by molar-refractivity contribution is 0.276. The highest BCUT2D eigenvalue weighted by atomic mass is 16.3. The Hall–Kier alpha value is -3.90. The van der Waals surface area contributed by atoms with E-state index in [1.165, 1.54) is 0 Å². The Kier molecular flexibility index (Phi) is 5.82. The number of hydrogen-bond donors (Lipinski definition) is 5. The molecule has 0 aliphatic rings. The highest BCUT2D eigenvalue weighted by Crippen LogP contribution is 2.34. The lowest BCUT2D eigenvalue weighted by Crippen LogP contribution is -2.15. The van der Waals surface area contributed by atoms with Crippen LogP contribution in [0.15, 0.2) is 79.1 Å². The van der Waals surface area contributed by atoms with E-state index < -0.39 is 0 Å². The Morgan fingerprint density at radius 3 is 2.61 bits per heavy atom. The number of H-pyrrole nitrogens is 1. The van der Waals surface area contributed by atoms with Gasteiger partial charge in [-0.2, -0.15) is 0 Å². The summed E-state index contributed by atoms with van der Waals surface area (Å²) in [7, 11) is 0. The van der Waals surface area contributed by atoms with Crippen molar-refractivity contribution in [1.82, 2.24) is 9.97 Å². The molecule has 6 N–H and O–H groups in total. The molecule has 0 aliphatic carbocycles. The fourth-order valence-corrected chi connectivity index (χ4v) is 3.63. The minimum atomic E-state index is -0.252. The molecule has 31 heavy (non-hydrogen) atoms. The zero-order chi connectivity index (χ0) is 21.8. The predicted molar refractivity (Wildman–Crippen MR) is 126 cm³/mol. The second-order valence-corrected chi connectivity index (χ2v) is 7.42. The number of aliphatic hydroxyl groups is 1. The van der Waals surface area contributed by atoms with Crippen LogP contribution in [0.25, 0.3) is 22.5 Å². The number of pyridine rings is 1. The molecule has 0 bridgehead atoms. The van der Waals surface area contributed by atoms with Gasteiger partial charge in [-0.3, -0.25) is 4.98 Å². The van der Waals surface area contributed by atoms with Gasteiger partial charge < -0.3 is 26.6 Å². The number of aromatic nitrogens is 2. The maximum absolute atomic E-state index is 9.93. The van der Waals surface area contributed by atoms with Gasteiger partial charge in [-0.15, -0.1) is 0 Å². The van der Waals surface area contributed by atoms with Crippen molar-refractivity contribution in [2.24, 2.45) is 0 Å².